The van der Waals surface area contributed by atoms with Crippen molar-refractivity contribution >= 4 is 17.8 Å². The molecular formula is C17H13NO6. The zero-order chi connectivity index (χ0) is 17.1. The van der Waals surface area contributed by atoms with Crippen LogP contribution < -0.4 is 4.89 Å². The van der Waals surface area contributed by atoms with E-state index in [0.29, 0.717) is 5.75 Å². The van der Waals surface area contributed by atoms with Crippen molar-refractivity contribution < 1.29 is 29.3 Å². The molecule has 0 aliphatic carbocycles. The highest BCUT2D eigenvalue weighted by Gasteiger charge is 2.42. The van der Waals surface area contributed by atoms with Crippen LogP contribution in [0, 0.1) is 0 Å². The maximum absolute atomic E-state index is 12.4. The maximum Gasteiger partial charge on any atom is 0.308 e. The van der Waals surface area contributed by atoms with Crippen molar-refractivity contribution in [3.63, 3.8) is 0 Å². The number of carbonyl (C=O) groups is 3. The molecule has 1 N–H and O–H groups in total. The van der Waals surface area contributed by atoms with Gasteiger partial charge >= 0.3 is 5.97 Å². The van der Waals surface area contributed by atoms with Gasteiger partial charge in [0.25, 0.3) is 11.8 Å². The predicted molar refractivity (Wildman–Crippen MR) is 81.1 cm³/mol. The number of amides is 2. The molecule has 1 heterocycles. The van der Waals surface area contributed by atoms with E-state index in [1.165, 1.54) is 12.1 Å². The summed E-state index contributed by atoms with van der Waals surface area (Å²) in [5.74, 6) is -2.13. The Kier molecular flexibility index (Phi) is 4.26. The fraction of sp³-hybridized carbons (Fsp3) is 0.118. The molecule has 1 aliphatic heterocycles. The van der Waals surface area contributed by atoms with Crippen LogP contribution in [0.1, 0.15) is 27.1 Å². The largest absolute Gasteiger partial charge is 0.481 e. The Hall–Kier alpha value is -3.19. The van der Waals surface area contributed by atoms with Crippen molar-refractivity contribution in [2.24, 2.45) is 0 Å². The SMILES string of the molecule is O=C(O)CC(OOc1ccccc1)N1C(=O)c2ccccc2C1=O. The third-order valence-electron chi connectivity index (χ3n) is 3.46. The van der Waals surface area contributed by atoms with Crippen LogP contribution in [0.2, 0.25) is 0 Å². The normalized spacial score (nSPS) is 14.4. The van der Waals surface area contributed by atoms with Crippen molar-refractivity contribution in [1.82, 2.24) is 4.90 Å². The summed E-state index contributed by atoms with van der Waals surface area (Å²) in [7, 11) is 0. The van der Waals surface area contributed by atoms with Crippen LogP contribution in [0.4, 0.5) is 0 Å². The van der Waals surface area contributed by atoms with Crippen molar-refractivity contribution in [2.75, 3.05) is 0 Å². The highest BCUT2D eigenvalue weighted by Crippen LogP contribution is 2.26. The molecule has 0 bridgehead atoms. The predicted octanol–water partition coefficient (Wildman–Crippen LogP) is 2.09. The van der Waals surface area contributed by atoms with Crippen molar-refractivity contribution in [3.8, 4) is 5.75 Å². The third kappa shape index (κ3) is 2.97. The molecule has 2 aromatic rings. The maximum atomic E-state index is 12.4. The smallest absolute Gasteiger partial charge is 0.308 e. The van der Waals surface area contributed by atoms with Gasteiger partial charge in [-0.25, -0.2) is 4.90 Å². The van der Waals surface area contributed by atoms with Crippen molar-refractivity contribution in [2.45, 2.75) is 12.6 Å². The topological polar surface area (TPSA) is 93.1 Å². The minimum absolute atomic E-state index is 0.209. The number of aliphatic carboxylic acids is 1. The van der Waals surface area contributed by atoms with E-state index in [1.807, 2.05) is 0 Å². The molecule has 0 saturated heterocycles. The fourth-order valence-electron chi connectivity index (χ4n) is 2.37. The van der Waals surface area contributed by atoms with Gasteiger partial charge in [-0.2, -0.15) is 4.89 Å². The minimum Gasteiger partial charge on any atom is -0.481 e. The van der Waals surface area contributed by atoms with E-state index in [1.54, 1.807) is 42.5 Å². The second-order valence-corrected chi connectivity index (χ2v) is 5.07. The monoisotopic (exact) mass is 327 g/mol. The summed E-state index contributed by atoms with van der Waals surface area (Å²) in [6.45, 7) is 0. The van der Waals surface area contributed by atoms with Crippen molar-refractivity contribution in [3.05, 3.63) is 65.7 Å². The number of carboxylic acids is 1. The number of hydrogen-bond acceptors (Lipinski definition) is 5. The molecular weight excluding hydrogens is 314 g/mol. The second kappa shape index (κ2) is 6.51. The molecule has 0 aromatic heterocycles. The van der Waals surface area contributed by atoms with Gasteiger partial charge in [-0.3, -0.25) is 14.4 Å². The van der Waals surface area contributed by atoms with Crippen molar-refractivity contribution in [1.29, 1.82) is 0 Å². The van der Waals surface area contributed by atoms with Gasteiger partial charge in [-0.15, -0.1) is 0 Å². The van der Waals surface area contributed by atoms with Gasteiger partial charge in [0.15, 0.2) is 12.0 Å². The fourth-order valence-corrected chi connectivity index (χ4v) is 2.37. The zero-order valence-corrected chi connectivity index (χ0v) is 12.4. The van der Waals surface area contributed by atoms with Crippen LogP contribution >= 0.6 is 0 Å². The lowest BCUT2D eigenvalue weighted by Crippen LogP contribution is -2.43. The van der Waals surface area contributed by atoms with Gasteiger partial charge < -0.3 is 9.99 Å². The van der Waals surface area contributed by atoms with Gasteiger partial charge in [0.2, 0.25) is 0 Å². The first-order valence-electron chi connectivity index (χ1n) is 7.15. The lowest BCUT2D eigenvalue weighted by Gasteiger charge is -2.23. The molecule has 3 rings (SSSR count). The van der Waals surface area contributed by atoms with Gasteiger partial charge in [-0.1, -0.05) is 30.3 Å². The first-order chi connectivity index (χ1) is 11.6. The summed E-state index contributed by atoms with van der Waals surface area (Å²) >= 11 is 0. The summed E-state index contributed by atoms with van der Waals surface area (Å²) in [6.07, 6.45) is -1.98. The molecule has 0 spiro atoms. The van der Waals surface area contributed by atoms with Crippen LogP contribution in [-0.4, -0.2) is 34.0 Å². The van der Waals surface area contributed by atoms with Gasteiger partial charge in [-0.05, 0) is 24.3 Å². The molecule has 1 unspecified atom stereocenters. The van der Waals surface area contributed by atoms with E-state index in [-0.39, 0.29) is 11.1 Å². The minimum atomic E-state index is -1.38. The molecule has 0 radical (unpaired) electrons. The Morgan fingerprint density at radius 1 is 0.958 bits per heavy atom. The van der Waals surface area contributed by atoms with Crippen LogP contribution in [0.25, 0.3) is 0 Å². The number of carbonyl (C=O) groups excluding carboxylic acids is 2. The van der Waals surface area contributed by atoms with Gasteiger partial charge in [0.1, 0.15) is 0 Å². The van der Waals surface area contributed by atoms with E-state index in [2.05, 4.69) is 0 Å². The molecule has 2 aromatic carbocycles. The first kappa shape index (κ1) is 15.7. The highest BCUT2D eigenvalue weighted by atomic mass is 17.2. The Morgan fingerprint density at radius 2 is 1.50 bits per heavy atom. The number of carboxylic acid groups (broad SMARTS) is 1. The Balaban J connectivity index is 1.83. The number of nitrogens with zero attached hydrogens (tertiary/aromatic N) is 1. The highest BCUT2D eigenvalue weighted by molar-refractivity contribution is 6.21. The number of imide groups is 1. The number of benzene rings is 2. The molecule has 1 aliphatic rings. The lowest BCUT2D eigenvalue weighted by atomic mass is 10.1. The van der Waals surface area contributed by atoms with Crippen LogP contribution in [0.15, 0.2) is 54.6 Å². The lowest BCUT2D eigenvalue weighted by molar-refractivity contribution is -0.269. The molecule has 122 valence electrons. The second-order valence-electron chi connectivity index (χ2n) is 5.07. The van der Waals surface area contributed by atoms with Crippen LogP contribution in [-0.2, 0) is 9.68 Å². The molecule has 2 amide bonds. The molecule has 24 heavy (non-hydrogen) atoms. The van der Waals surface area contributed by atoms with E-state index in [9.17, 15) is 14.4 Å². The summed E-state index contributed by atoms with van der Waals surface area (Å²) in [5, 5.41) is 9.05. The summed E-state index contributed by atoms with van der Waals surface area (Å²) in [6, 6.07) is 14.6. The first-order valence-corrected chi connectivity index (χ1v) is 7.15. The van der Waals surface area contributed by atoms with E-state index >= 15 is 0 Å². The van der Waals surface area contributed by atoms with Crippen LogP contribution in [0.3, 0.4) is 0 Å². The zero-order valence-electron chi connectivity index (χ0n) is 12.4. The third-order valence-corrected chi connectivity index (χ3v) is 3.46. The number of para-hydroxylation sites is 1. The number of hydrogen-bond donors (Lipinski definition) is 1. The van der Waals surface area contributed by atoms with Crippen LogP contribution in [0.5, 0.6) is 5.75 Å². The summed E-state index contributed by atoms with van der Waals surface area (Å²) in [4.78, 5) is 46.8. The average molecular weight is 327 g/mol. The summed E-state index contributed by atoms with van der Waals surface area (Å²) < 4.78 is 0. The molecule has 1 atom stereocenters. The van der Waals surface area contributed by atoms with E-state index < -0.39 is 30.4 Å². The average Bonchev–Trinajstić information content (AvgIpc) is 2.84. The Bertz CT molecular complexity index is 754. The summed E-state index contributed by atoms with van der Waals surface area (Å²) in [5.41, 5.74) is 0.419. The number of fused-ring (bicyclic) bond motifs is 1. The molecule has 7 nitrogen and oxygen atoms in total. The Morgan fingerprint density at radius 3 is 2.04 bits per heavy atom. The van der Waals surface area contributed by atoms with E-state index in [0.717, 1.165) is 4.90 Å². The van der Waals surface area contributed by atoms with Gasteiger partial charge in [0.05, 0.1) is 17.5 Å². The van der Waals surface area contributed by atoms with Gasteiger partial charge in [0, 0.05) is 0 Å². The standard InChI is InChI=1S/C17H13NO6/c19-15(20)10-14(24-23-11-6-2-1-3-7-11)18-16(21)12-8-4-5-9-13(12)17(18)22/h1-9,14H,10H2,(H,19,20). The Labute approximate surface area is 137 Å². The molecule has 0 saturated carbocycles. The quantitative estimate of drug-likeness (QED) is 0.496. The van der Waals surface area contributed by atoms with E-state index in [4.69, 9.17) is 14.9 Å². The molecule has 0 fully saturated rings. The molecule has 7 heteroatoms. The number of rotatable bonds is 6.